The van der Waals surface area contributed by atoms with Gasteiger partial charge in [0.1, 0.15) is 10.8 Å². The number of rotatable bonds is 5. The van der Waals surface area contributed by atoms with Crippen LogP contribution in [0.5, 0.6) is 0 Å². The van der Waals surface area contributed by atoms with Crippen molar-refractivity contribution in [3.8, 4) is 0 Å². The highest BCUT2D eigenvalue weighted by molar-refractivity contribution is 7.89. The van der Waals surface area contributed by atoms with Crippen LogP contribution in [-0.2, 0) is 23.1 Å². The van der Waals surface area contributed by atoms with Crippen molar-refractivity contribution in [2.45, 2.75) is 18.2 Å². The van der Waals surface area contributed by atoms with Crippen molar-refractivity contribution in [3.63, 3.8) is 0 Å². The molecule has 2 heterocycles. The summed E-state index contributed by atoms with van der Waals surface area (Å²) >= 11 is 1.38. The Kier molecular flexibility index (Phi) is 3.57. The van der Waals surface area contributed by atoms with E-state index in [1.807, 2.05) is 0 Å². The van der Waals surface area contributed by atoms with E-state index in [0.717, 1.165) is 0 Å². The highest BCUT2D eigenvalue weighted by Gasteiger charge is 2.18. The molecule has 92 valence electrons. The minimum atomic E-state index is -3.63. The van der Waals surface area contributed by atoms with Crippen molar-refractivity contribution in [2.75, 3.05) is 0 Å². The molecular weight excluding hydrogens is 262 g/mol. The Bertz CT molecular complexity index is 574. The number of furan rings is 1. The van der Waals surface area contributed by atoms with Gasteiger partial charge in [-0.05, 0) is 12.1 Å². The third-order valence-corrected chi connectivity index (χ3v) is 4.05. The second-order valence-electron chi connectivity index (χ2n) is 3.18. The van der Waals surface area contributed by atoms with Gasteiger partial charge in [-0.15, -0.1) is 11.3 Å². The zero-order chi connectivity index (χ0) is 12.3. The van der Waals surface area contributed by atoms with Gasteiger partial charge in [-0.1, -0.05) is 0 Å². The van der Waals surface area contributed by atoms with E-state index >= 15 is 0 Å². The highest BCUT2D eigenvalue weighted by Crippen LogP contribution is 2.14. The Morgan fingerprint density at radius 3 is 2.88 bits per heavy atom. The van der Waals surface area contributed by atoms with E-state index < -0.39 is 10.0 Å². The standard InChI is InChI=1S/C9H11N3O3S2/c10-5-7-1-2-9(15-7)17(13,14)12-6-8-11-3-4-16-8/h1-4,12H,5-6,10H2. The summed E-state index contributed by atoms with van der Waals surface area (Å²) in [5, 5.41) is 2.34. The average molecular weight is 273 g/mol. The van der Waals surface area contributed by atoms with Gasteiger partial charge in [0.25, 0.3) is 10.0 Å². The molecule has 0 aromatic carbocycles. The van der Waals surface area contributed by atoms with Gasteiger partial charge in [-0.2, -0.15) is 0 Å². The summed E-state index contributed by atoms with van der Waals surface area (Å²) in [6, 6.07) is 2.92. The number of sulfonamides is 1. The van der Waals surface area contributed by atoms with Gasteiger partial charge in [-0.3, -0.25) is 0 Å². The molecule has 2 aromatic heterocycles. The van der Waals surface area contributed by atoms with Crippen LogP contribution in [0.2, 0.25) is 0 Å². The quantitative estimate of drug-likeness (QED) is 0.834. The Morgan fingerprint density at radius 1 is 1.47 bits per heavy atom. The predicted molar refractivity (Wildman–Crippen MR) is 62.7 cm³/mol. The van der Waals surface area contributed by atoms with Crippen molar-refractivity contribution in [1.82, 2.24) is 9.71 Å². The van der Waals surface area contributed by atoms with Crippen LogP contribution in [0.4, 0.5) is 0 Å². The first kappa shape index (κ1) is 12.2. The summed E-state index contributed by atoms with van der Waals surface area (Å²) in [6.45, 7) is 0.320. The monoisotopic (exact) mass is 273 g/mol. The molecule has 2 rings (SSSR count). The van der Waals surface area contributed by atoms with E-state index in [1.54, 1.807) is 11.6 Å². The number of nitrogens with two attached hydrogens (primary N) is 1. The fraction of sp³-hybridized carbons (Fsp3) is 0.222. The molecule has 0 aliphatic rings. The molecule has 2 aromatic rings. The topological polar surface area (TPSA) is 98.2 Å². The number of thiazole rings is 1. The van der Waals surface area contributed by atoms with Crippen LogP contribution in [0.3, 0.4) is 0 Å². The van der Waals surface area contributed by atoms with E-state index in [2.05, 4.69) is 9.71 Å². The van der Waals surface area contributed by atoms with Gasteiger partial charge >= 0.3 is 0 Å². The first-order valence-corrected chi connectivity index (χ1v) is 7.15. The van der Waals surface area contributed by atoms with E-state index in [-0.39, 0.29) is 18.2 Å². The van der Waals surface area contributed by atoms with Crippen molar-refractivity contribution >= 4 is 21.4 Å². The van der Waals surface area contributed by atoms with Crippen LogP contribution in [0.25, 0.3) is 0 Å². The lowest BCUT2D eigenvalue weighted by Gasteiger charge is -2.01. The zero-order valence-electron chi connectivity index (χ0n) is 8.79. The maximum atomic E-state index is 11.8. The summed E-state index contributed by atoms with van der Waals surface area (Å²) < 4.78 is 31.1. The molecule has 3 N–H and O–H groups in total. The van der Waals surface area contributed by atoms with Crippen LogP contribution in [0, 0.1) is 0 Å². The van der Waals surface area contributed by atoms with Crippen molar-refractivity contribution in [1.29, 1.82) is 0 Å². The fourth-order valence-electron chi connectivity index (χ4n) is 1.18. The Balaban J connectivity index is 2.08. The first-order valence-electron chi connectivity index (χ1n) is 4.78. The molecule has 0 aliphatic carbocycles. The van der Waals surface area contributed by atoms with Gasteiger partial charge < -0.3 is 10.2 Å². The smallest absolute Gasteiger partial charge is 0.274 e. The third-order valence-electron chi connectivity index (χ3n) is 2.00. The van der Waals surface area contributed by atoms with Crippen molar-refractivity contribution in [2.24, 2.45) is 5.73 Å². The number of nitrogens with zero attached hydrogens (tertiary/aromatic N) is 1. The lowest BCUT2D eigenvalue weighted by molar-refractivity contribution is 0.412. The number of nitrogens with one attached hydrogen (secondary N) is 1. The number of hydrogen-bond acceptors (Lipinski definition) is 6. The lowest BCUT2D eigenvalue weighted by atomic mass is 10.5. The molecule has 6 nitrogen and oxygen atoms in total. The maximum absolute atomic E-state index is 11.8. The molecule has 17 heavy (non-hydrogen) atoms. The minimum absolute atomic E-state index is 0.130. The maximum Gasteiger partial charge on any atom is 0.274 e. The van der Waals surface area contributed by atoms with E-state index in [0.29, 0.717) is 10.8 Å². The molecule has 8 heteroatoms. The number of hydrogen-bond donors (Lipinski definition) is 2. The average Bonchev–Trinajstić information content (AvgIpc) is 2.98. The summed E-state index contributed by atoms with van der Waals surface area (Å²) in [5.41, 5.74) is 5.34. The van der Waals surface area contributed by atoms with Crippen LogP contribution >= 0.6 is 11.3 Å². The van der Waals surface area contributed by atoms with Gasteiger partial charge in [0.2, 0.25) is 5.09 Å². The molecule has 0 amide bonds. The van der Waals surface area contributed by atoms with Crippen LogP contribution < -0.4 is 10.5 Å². The summed E-state index contributed by atoms with van der Waals surface area (Å²) in [4.78, 5) is 3.98. The minimum Gasteiger partial charge on any atom is -0.447 e. The lowest BCUT2D eigenvalue weighted by Crippen LogP contribution is -2.22. The Hall–Kier alpha value is -1.22. The molecule has 0 spiro atoms. The van der Waals surface area contributed by atoms with Gasteiger partial charge in [0.05, 0.1) is 13.1 Å². The first-order chi connectivity index (χ1) is 8.12. The molecular formula is C9H11N3O3S2. The van der Waals surface area contributed by atoms with Gasteiger partial charge in [-0.25, -0.2) is 18.1 Å². The van der Waals surface area contributed by atoms with Crippen LogP contribution in [-0.4, -0.2) is 13.4 Å². The number of aromatic nitrogens is 1. The van der Waals surface area contributed by atoms with E-state index in [1.165, 1.54) is 23.5 Å². The van der Waals surface area contributed by atoms with Gasteiger partial charge in [0, 0.05) is 11.6 Å². The largest absolute Gasteiger partial charge is 0.447 e. The summed E-state index contributed by atoms with van der Waals surface area (Å²) in [7, 11) is -3.63. The van der Waals surface area contributed by atoms with Gasteiger partial charge in [0.15, 0.2) is 0 Å². The summed E-state index contributed by atoms with van der Waals surface area (Å²) in [6.07, 6.45) is 1.62. The van der Waals surface area contributed by atoms with Crippen molar-refractivity contribution < 1.29 is 12.8 Å². The molecule has 0 fully saturated rings. The van der Waals surface area contributed by atoms with Crippen LogP contribution in [0.15, 0.2) is 33.2 Å². The molecule has 0 unspecified atom stereocenters. The molecule has 0 saturated carbocycles. The van der Waals surface area contributed by atoms with Crippen molar-refractivity contribution in [3.05, 3.63) is 34.5 Å². The highest BCUT2D eigenvalue weighted by atomic mass is 32.2. The molecule has 0 aliphatic heterocycles. The molecule has 0 atom stereocenters. The normalized spacial score (nSPS) is 11.8. The molecule has 0 radical (unpaired) electrons. The summed E-state index contributed by atoms with van der Waals surface area (Å²) in [5.74, 6) is 0.430. The van der Waals surface area contributed by atoms with E-state index in [9.17, 15) is 8.42 Å². The fourth-order valence-corrected chi connectivity index (χ4v) is 2.76. The predicted octanol–water partition coefficient (Wildman–Crippen LogP) is 0.673. The third kappa shape index (κ3) is 2.91. The Morgan fingerprint density at radius 2 is 2.29 bits per heavy atom. The van der Waals surface area contributed by atoms with E-state index in [4.69, 9.17) is 10.2 Å². The second kappa shape index (κ2) is 4.96. The zero-order valence-corrected chi connectivity index (χ0v) is 10.4. The SMILES string of the molecule is NCc1ccc(S(=O)(=O)NCc2nccs2)o1. The Labute approximate surface area is 103 Å². The molecule has 0 bridgehead atoms. The second-order valence-corrected chi connectivity index (χ2v) is 5.85. The van der Waals surface area contributed by atoms with Crippen LogP contribution in [0.1, 0.15) is 10.8 Å². The molecule has 0 saturated heterocycles.